The third-order valence-corrected chi connectivity index (χ3v) is 5.35. The molecule has 0 aliphatic heterocycles. The number of amides is 1. The van der Waals surface area contributed by atoms with Crippen molar-refractivity contribution >= 4 is 23.1 Å². The number of hydrogen-bond donors (Lipinski definition) is 1. The quantitative estimate of drug-likeness (QED) is 0.660. The van der Waals surface area contributed by atoms with Gasteiger partial charge in [-0.1, -0.05) is 0 Å². The van der Waals surface area contributed by atoms with Crippen LogP contribution in [0.25, 0.3) is 11.3 Å². The molecule has 0 radical (unpaired) electrons. The third-order valence-electron chi connectivity index (χ3n) is 4.49. The highest BCUT2D eigenvalue weighted by Gasteiger charge is 2.35. The molecule has 3 heterocycles. The van der Waals surface area contributed by atoms with Gasteiger partial charge in [0.1, 0.15) is 10.6 Å². The van der Waals surface area contributed by atoms with Crippen molar-refractivity contribution in [2.24, 2.45) is 0 Å². The number of alkyl halides is 3. The summed E-state index contributed by atoms with van der Waals surface area (Å²) in [5, 5.41) is 2.55. The van der Waals surface area contributed by atoms with Crippen LogP contribution in [0.4, 0.5) is 18.9 Å². The summed E-state index contributed by atoms with van der Waals surface area (Å²) in [6.07, 6.45) is 0.0565. The predicted molar refractivity (Wildman–Crippen MR) is 99.2 cm³/mol. The van der Waals surface area contributed by atoms with Crippen molar-refractivity contribution in [3.8, 4) is 11.3 Å². The van der Waals surface area contributed by atoms with Crippen LogP contribution < -0.4 is 5.32 Å². The van der Waals surface area contributed by atoms with Crippen LogP contribution in [0, 0.1) is 6.92 Å². The van der Waals surface area contributed by atoms with Gasteiger partial charge in [0.25, 0.3) is 5.91 Å². The van der Waals surface area contributed by atoms with Crippen LogP contribution in [-0.2, 0) is 6.18 Å². The number of nitrogens with one attached hydrogen (secondary N) is 1. The van der Waals surface area contributed by atoms with E-state index in [0.29, 0.717) is 4.88 Å². The Morgan fingerprint density at radius 1 is 1.21 bits per heavy atom. The number of rotatable bonds is 4. The largest absolute Gasteiger partial charge is 0.433 e. The SMILES string of the molecule is Cc1ncccc1-c1nsc(C(=O)Nc2ccnc(C(F)(F)F)c2)c1C1CC1. The van der Waals surface area contributed by atoms with Gasteiger partial charge in [0.05, 0.1) is 5.69 Å². The van der Waals surface area contributed by atoms with Crippen molar-refractivity contribution in [2.75, 3.05) is 5.32 Å². The predicted octanol–water partition coefficient (Wildman–Crippen LogP) is 5.06. The van der Waals surface area contributed by atoms with Crippen LogP contribution in [0.2, 0.25) is 0 Å². The van der Waals surface area contributed by atoms with Crippen molar-refractivity contribution in [2.45, 2.75) is 31.9 Å². The lowest BCUT2D eigenvalue weighted by Gasteiger charge is -2.10. The number of carbonyl (C=O) groups excluding carboxylic acids is 1. The lowest BCUT2D eigenvalue weighted by Crippen LogP contribution is -2.14. The van der Waals surface area contributed by atoms with E-state index in [-0.39, 0.29) is 11.6 Å². The van der Waals surface area contributed by atoms with Crippen LogP contribution in [0.1, 0.15) is 45.4 Å². The van der Waals surface area contributed by atoms with Gasteiger partial charge in [-0.2, -0.15) is 17.5 Å². The van der Waals surface area contributed by atoms with Gasteiger partial charge >= 0.3 is 6.18 Å². The second-order valence-electron chi connectivity index (χ2n) is 6.57. The van der Waals surface area contributed by atoms with E-state index in [0.717, 1.165) is 59.2 Å². The molecule has 9 heteroatoms. The molecule has 5 nitrogen and oxygen atoms in total. The first-order chi connectivity index (χ1) is 13.3. The molecule has 0 aromatic carbocycles. The lowest BCUT2D eigenvalue weighted by atomic mass is 10.0. The van der Waals surface area contributed by atoms with E-state index in [1.807, 2.05) is 19.1 Å². The monoisotopic (exact) mass is 404 g/mol. The third kappa shape index (κ3) is 3.62. The minimum absolute atomic E-state index is 0.0431. The van der Waals surface area contributed by atoms with Crippen LogP contribution in [0.15, 0.2) is 36.7 Å². The zero-order valence-electron chi connectivity index (χ0n) is 14.7. The Balaban J connectivity index is 1.67. The molecule has 3 aromatic rings. The average Bonchev–Trinajstić information content (AvgIpc) is 3.40. The molecule has 1 fully saturated rings. The zero-order chi connectivity index (χ0) is 19.9. The van der Waals surface area contributed by atoms with Crippen LogP contribution >= 0.6 is 11.5 Å². The molecule has 0 saturated heterocycles. The van der Waals surface area contributed by atoms with Crippen molar-refractivity contribution in [1.29, 1.82) is 0 Å². The summed E-state index contributed by atoms with van der Waals surface area (Å²) < 4.78 is 43.0. The van der Waals surface area contributed by atoms with E-state index in [1.165, 1.54) is 6.07 Å². The molecular weight excluding hydrogens is 389 g/mol. The highest BCUT2D eigenvalue weighted by molar-refractivity contribution is 7.08. The van der Waals surface area contributed by atoms with Crippen LogP contribution in [0.5, 0.6) is 0 Å². The van der Waals surface area contributed by atoms with Crippen molar-refractivity contribution in [3.63, 3.8) is 0 Å². The minimum Gasteiger partial charge on any atom is -0.321 e. The molecule has 3 aromatic heterocycles. The summed E-state index contributed by atoms with van der Waals surface area (Å²) in [5.41, 5.74) is 2.25. The Hall–Kier alpha value is -2.81. The molecule has 4 rings (SSSR count). The van der Waals surface area contributed by atoms with Gasteiger partial charge in [0.15, 0.2) is 0 Å². The maximum absolute atomic E-state index is 12.8. The molecule has 144 valence electrons. The van der Waals surface area contributed by atoms with E-state index in [1.54, 1.807) is 6.20 Å². The second kappa shape index (κ2) is 6.97. The number of hydrogen-bond acceptors (Lipinski definition) is 5. The number of aromatic nitrogens is 3. The number of pyridine rings is 2. The second-order valence-corrected chi connectivity index (χ2v) is 7.34. The molecule has 1 saturated carbocycles. The molecule has 0 bridgehead atoms. The van der Waals surface area contributed by atoms with Crippen molar-refractivity contribution in [1.82, 2.24) is 14.3 Å². The molecule has 1 N–H and O–H groups in total. The van der Waals surface area contributed by atoms with Crippen LogP contribution in [-0.4, -0.2) is 20.2 Å². The normalized spacial score (nSPS) is 14.1. The highest BCUT2D eigenvalue weighted by Crippen LogP contribution is 2.47. The summed E-state index contributed by atoms with van der Waals surface area (Å²) in [6, 6.07) is 5.87. The topological polar surface area (TPSA) is 67.8 Å². The molecular formula is C19H15F3N4OS. The zero-order valence-corrected chi connectivity index (χ0v) is 15.6. The summed E-state index contributed by atoms with van der Waals surface area (Å²) >= 11 is 1.06. The molecule has 0 atom stereocenters. The molecule has 0 spiro atoms. The van der Waals surface area contributed by atoms with Crippen molar-refractivity contribution < 1.29 is 18.0 Å². The van der Waals surface area contributed by atoms with Gasteiger partial charge < -0.3 is 5.32 Å². The fourth-order valence-corrected chi connectivity index (χ4v) is 3.87. The first kappa shape index (κ1) is 18.5. The summed E-state index contributed by atoms with van der Waals surface area (Å²) in [4.78, 5) is 20.8. The van der Waals surface area contributed by atoms with E-state index in [9.17, 15) is 18.0 Å². The standard InChI is InChI=1S/C19H15F3N4OS/c1-10-13(3-2-7-23-10)16-15(11-4-5-11)17(28-26-16)18(27)25-12-6-8-24-14(9-12)19(20,21)22/h2-3,6-9,11H,4-5H2,1H3,(H,24,25,27). The Labute approximate surface area is 162 Å². The Morgan fingerprint density at radius 3 is 2.68 bits per heavy atom. The molecule has 1 aliphatic rings. The van der Waals surface area contributed by atoms with Gasteiger partial charge in [0.2, 0.25) is 0 Å². The number of carbonyl (C=O) groups is 1. The number of nitrogens with zero attached hydrogens (tertiary/aromatic N) is 3. The van der Waals surface area contributed by atoms with Gasteiger partial charge in [-0.25, -0.2) is 0 Å². The Kier molecular flexibility index (Phi) is 4.62. The van der Waals surface area contributed by atoms with Crippen molar-refractivity contribution in [3.05, 3.63) is 58.5 Å². The average molecular weight is 404 g/mol. The highest BCUT2D eigenvalue weighted by atomic mass is 32.1. The lowest BCUT2D eigenvalue weighted by molar-refractivity contribution is -0.141. The fraction of sp³-hybridized carbons (Fsp3) is 0.263. The van der Waals surface area contributed by atoms with E-state index in [2.05, 4.69) is 19.7 Å². The smallest absolute Gasteiger partial charge is 0.321 e. The maximum atomic E-state index is 12.8. The minimum atomic E-state index is -4.57. The van der Waals surface area contributed by atoms with Gasteiger partial charge in [0, 0.05) is 34.9 Å². The number of halogens is 3. The summed E-state index contributed by atoms with van der Waals surface area (Å²) in [7, 11) is 0. The van der Waals surface area contributed by atoms with E-state index in [4.69, 9.17) is 0 Å². The van der Waals surface area contributed by atoms with Gasteiger partial charge in [-0.05, 0) is 61.5 Å². The van der Waals surface area contributed by atoms with Crippen LogP contribution in [0.3, 0.4) is 0 Å². The van der Waals surface area contributed by atoms with Gasteiger partial charge in [-0.15, -0.1) is 0 Å². The summed E-state index contributed by atoms with van der Waals surface area (Å²) in [5.74, 6) is -0.233. The first-order valence-electron chi connectivity index (χ1n) is 8.60. The molecule has 1 aliphatic carbocycles. The Morgan fingerprint density at radius 2 is 2.00 bits per heavy atom. The number of aryl methyl sites for hydroxylation is 1. The van der Waals surface area contributed by atoms with E-state index >= 15 is 0 Å². The van der Waals surface area contributed by atoms with E-state index < -0.39 is 17.8 Å². The first-order valence-corrected chi connectivity index (χ1v) is 9.38. The Bertz CT molecular complexity index is 1040. The molecule has 1 amide bonds. The molecule has 28 heavy (non-hydrogen) atoms. The maximum Gasteiger partial charge on any atom is 0.433 e. The fourth-order valence-electron chi connectivity index (χ4n) is 2.99. The van der Waals surface area contributed by atoms with Gasteiger partial charge in [-0.3, -0.25) is 14.8 Å². The number of anilines is 1. The molecule has 0 unspecified atom stereocenters. The summed E-state index contributed by atoms with van der Waals surface area (Å²) in [6.45, 7) is 1.88.